The molecule has 0 radical (unpaired) electrons. The number of fused-ring (bicyclic) bond motifs is 1. The lowest BCUT2D eigenvalue weighted by molar-refractivity contribution is -0.142. The maximum atomic E-state index is 14.2. The Morgan fingerprint density at radius 3 is 2.12 bits per heavy atom. The average Bonchev–Trinajstić information content (AvgIpc) is 3.87. The molecule has 51 heavy (non-hydrogen) atoms. The smallest absolute Gasteiger partial charge is 0.408 e. The first-order valence-electron chi connectivity index (χ1n) is 17.8. The molecule has 3 aromatic carbocycles. The number of H-pyrrole nitrogens is 1. The molecule has 0 spiro atoms. The van der Waals surface area contributed by atoms with E-state index in [1.807, 2.05) is 54.6 Å². The van der Waals surface area contributed by atoms with Crippen LogP contribution in [0.3, 0.4) is 0 Å². The van der Waals surface area contributed by atoms with Gasteiger partial charge in [-0.15, -0.1) is 0 Å². The second-order valence-corrected chi connectivity index (χ2v) is 14.9. The van der Waals surface area contributed by atoms with Crippen LogP contribution in [0, 0.1) is 0 Å². The third kappa shape index (κ3) is 7.63. The summed E-state index contributed by atoms with van der Waals surface area (Å²) in [4.78, 5) is 61.8. The molecule has 4 N–H and O–H groups in total. The maximum absolute atomic E-state index is 14.2. The molecule has 3 heterocycles. The number of rotatable bonds is 9. The van der Waals surface area contributed by atoms with E-state index in [0.29, 0.717) is 36.7 Å². The van der Waals surface area contributed by atoms with Crippen LogP contribution in [-0.4, -0.2) is 85.4 Å². The molecule has 4 aromatic rings. The van der Waals surface area contributed by atoms with Crippen LogP contribution in [0.15, 0.2) is 78.9 Å². The number of carbonyl (C=O) groups is 4. The van der Waals surface area contributed by atoms with Crippen molar-refractivity contribution in [2.45, 2.75) is 90.0 Å². The van der Waals surface area contributed by atoms with Gasteiger partial charge in [0.1, 0.15) is 12.1 Å². The number of amides is 4. The summed E-state index contributed by atoms with van der Waals surface area (Å²) in [6.45, 7) is 10.8. The zero-order valence-electron chi connectivity index (χ0n) is 30.0. The Morgan fingerprint density at radius 2 is 1.45 bits per heavy atom. The topological polar surface area (TPSA) is 138 Å². The Labute approximate surface area is 299 Å². The number of benzene rings is 3. The SMILES string of the molecule is CC(C)N1CCC[C@H]1C(=O)Nc1ccc(-c2cc3cc(NC(=O)[C@@H]4CCCN4C(=O)[C@@H](c4ccccc4)N(C(=O)O)C(C)(C)C)ccc3[nH]2)cc1. The number of nitrogens with zero attached hydrogens (tertiary/aromatic N) is 3. The Morgan fingerprint density at radius 1 is 0.824 bits per heavy atom. The average molecular weight is 693 g/mol. The summed E-state index contributed by atoms with van der Waals surface area (Å²) < 4.78 is 0. The number of aromatic nitrogens is 1. The van der Waals surface area contributed by atoms with Crippen molar-refractivity contribution in [2.75, 3.05) is 23.7 Å². The van der Waals surface area contributed by atoms with Crippen molar-refractivity contribution in [3.63, 3.8) is 0 Å². The van der Waals surface area contributed by atoms with Crippen LogP contribution >= 0.6 is 0 Å². The van der Waals surface area contributed by atoms with E-state index >= 15 is 0 Å². The van der Waals surface area contributed by atoms with Crippen LogP contribution < -0.4 is 10.6 Å². The van der Waals surface area contributed by atoms with Crippen LogP contribution in [0.5, 0.6) is 0 Å². The van der Waals surface area contributed by atoms with Gasteiger partial charge in [-0.2, -0.15) is 0 Å². The van der Waals surface area contributed by atoms with Gasteiger partial charge in [0.05, 0.1) is 6.04 Å². The minimum Gasteiger partial charge on any atom is -0.465 e. The van der Waals surface area contributed by atoms with E-state index in [-0.39, 0.29) is 17.9 Å². The molecule has 3 atom stereocenters. The van der Waals surface area contributed by atoms with E-state index in [2.05, 4.69) is 34.4 Å². The molecule has 11 heteroatoms. The Hall–Kier alpha value is -5.16. The van der Waals surface area contributed by atoms with Crippen molar-refractivity contribution in [1.29, 1.82) is 0 Å². The molecule has 4 amide bonds. The Kier molecular flexibility index (Phi) is 10.2. The van der Waals surface area contributed by atoms with Crippen molar-refractivity contribution in [3.05, 3.63) is 84.4 Å². The summed E-state index contributed by atoms with van der Waals surface area (Å²) in [7, 11) is 0. The van der Waals surface area contributed by atoms with Crippen LogP contribution in [0.1, 0.15) is 71.9 Å². The Bertz CT molecular complexity index is 1900. The first-order valence-corrected chi connectivity index (χ1v) is 17.8. The van der Waals surface area contributed by atoms with Gasteiger partial charge in [0.15, 0.2) is 0 Å². The minimum atomic E-state index is -1.20. The van der Waals surface area contributed by atoms with Gasteiger partial charge in [0.2, 0.25) is 11.8 Å². The van der Waals surface area contributed by atoms with Crippen molar-refractivity contribution in [2.24, 2.45) is 0 Å². The zero-order valence-corrected chi connectivity index (χ0v) is 30.0. The number of hydrogen-bond donors (Lipinski definition) is 4. The zero-order chi connectivity index (χ0) is 36.4. The van der Waals surface area contributed by atoms with Crippen LogP contribution in [0.4, 0.5) is 16.2 Å². The minimum absolute atomic E-state index is 0.0300. The largest absolute Gasteiger partial charge is 0.465 e. The molecule has 1 aromatic heterocycles. The Balaban J connectivity index is 1.15. The second kappa shape index (κ2) is 14.6. The lowest BCUT2D eigenvalue weighted by atomic mass is 9.97. The summed E-state index contributed by atoms with van der Waals surface area (Å²) >= 11 is 0. The summed E-state index contributed by atoms with van der Waals surface area (Å²) in [5, 5.41) is 17.2. The van der Waals surface area contributed by atoms with Crippen LogP contribution in [-0.2, 0) is 14.4 Å². The van der Waals surface area contributed by atoms with Crippen molar-refractivity contribution < 1.29 is 24.3 Å². The number of anilines is 2. The second-order valence-electron chi connectivity index (χ2n) is 14.9. The summed E-state index contributed by atoms with van der Waals surface area (Å²) in [6, 6.07) is 22.7. The number of nitrogens with one attached hydrogen (secondary N) is 3. The van der Waals surface area contributed by atoms with E-state index in [1.54, 1.807) is 45.0 Å². The molecule has 0 unspecified atom stereocenters. The van der Waals surface area contributed by atoms with Crippen molar-refractivity contribution >= 4 is 46.1 Å². The number of hydrogen-bond acceptors (Lipinski definition) is 5. The van der Waals surface area contributed by atoms with Crippen LogP contribution in [0.25, 0.3) is 22.2 Å². The summed E-state index contributed by atoms with van der Waals surface area (Å²) in [5.41, 5.74) is 3.79. The molecule has 0 saturated carbocycles. The highest BCUT2D eigenvalue weighted by Gasteiger charge is 2.44. The molecular formula is C40H48N6O5. The highest BCUT2D eigenvalue weighted by molar-refractivity contribution is 6.00. The van der Waals surface area contributed by atoms with Gasteiger partial charge in [0.25, 0.3) is 5.91 Å². The first kappa shape index (κ1) is 35.7. The predicted octanol–water partition coefficient (Wildman–Crippen LogP) is 7.10. The third-order valence-electron chi connectivity index (χ3n) is 9.99. The third-order valence-corrected chi connectivity index (χ3v) is 9.99. The standard InChI is InChI=1S/C40H48N6O5/c1-25(2)44-21-9-13-33(44)36(47)41-29-17-15-26(16-18-29)32-24-28-23-30(19-20-31(28)43-32)42-37(48)34-14-10-22-45(34)38(49)35(27-11-7-6-8-12-27)46(39(50)51)40(3,4)5/h6-8,11-12,15-20,23-25,33-35,43H,9-10,13-14,21-22H2,1-5H3,(H,41,47)(H,42,48)(H,50,51)/t33-,34-,35+/m0/s1. The fraction of sp³-hybridized carbons (Fsp3) is 0.400. The molecule has 2 saturated heterocycles. The van der Waals surface area contributed by atoms with E-state index in [9.17, 15) is 24.3 Å². The molecular weight excluding hydrogens is 644 g/mol. The summed E-state index contributed by atoms with van der Waals surface area (Å²) in [6.07, 6.45) is 1.80. The molecule has 0 bridgehead atoms. The maximum Gasteiger partial charge on any atom is 0.408 e. The molecule has 11 nitrogen and oxygen atoms in total. The lowest BCUT2D eigenvalue weighted by Crippen LogP contribution is -2.54. The predicted molar refractivity (Wildman–Crippen MR) is 199 cm³/mol. The summed E-state index contributed by atoms with van der Waals surface area (Å²) in [5.74, 6) is -0.696. The van der Waals surface area contributed by atoms with Gasteiger partial charge in [-0.05, 0) is 114 Å². The van der Waals surface area contributed by atoms with Gasteiger partial charge >= 0.3 is 6.09 Å². The number of carbonyl (C=O) groups excluding carboxylic acids is 3. The fourth-order valence-electron chi connectivity index (χ4n) is 7.52. The lowest BCUT2D eigenvalue weighted by Gasteiger charge is -2.41. The van der Waals surface area contributed by atoms with E-state index in [0.717, 1.165) is 47.2 Å². The van der Waals surface area contributed by atoms with Gasteiger partial charge in [0, 0.05) is 46.1 Å². The van der Waals surface area contributed by atoms with E-state index in [1.165, 1.54) is 9.80 Å². The number of likely N-dealkylation sites (tertiary alicyclic amines) is 2. The molecule has 268 valence electrons. The highest BCUT2D eigenvalue weighted by atomic mass is 16.4. The molecule has 2 aliphatic heterocycles. The normalized spacial score (nSPS) is 18.6. The fourth-order valence-corrected chi connectivity index (χ4v) is 7.52. The van der Waals surface area contributed by atoms with E-state index in [4.69, 9.17) is 0 Å². The highest BCUT2D eigenvalue weighted by Crippen LogP contribution is 2.34. The molecule has 6 rings (SSSR count). The van der Waals surface area contributed by atoms with Gasteiger partial charge in [-0.3, -0.25) is 24.2 Å². The monoisotopic (exact) mass is 692 g/mol. The van der Waals surface area contributed by atoms with Crippen molar-refractivity contribution in [3.8, 4) is 11.3 Å². The first-order chi connectivity index (χ1) is 24.3. The molecule has 2 fully saturated rings. The van der Waals surface area contributed by atoms with Crippen LogP contribution in [0.2, 0.25) is 0 Å². The van der Waals surface area contributed by atoms with Gasteiger partial charge in [-0.25, -0.2) is 4.79 Å². The number of aromatic amines is 1. The number of carboxylic acid groups (broad SMARTS) is 1. The molecule has 2 aliphatic rings. The quantitative estimate of drug-likeness (QED) is 0.148. The van der Waals surface area contributed by atoms with Gasteiger partial charge in [-0.1, -0.05) is 42.5 Å². The van der Waals surface area contributed by atoms with E-state index < -0.39 is 29.6 Å². The molecule has 0 aliphatic carbocycles. The van der Waals surface area contributed by atoms with Gasteiger partial charge < -0.3 is 25.6 Å². The van der Waals surface area contributed by atoms with Crippen molar-refractivity contribution in [1.82, 2.24) is 19.7 Å².